The van der Waals surface area contributed by atoms with Crippen LogP contribution < -0.4 is 11.1 Å². The van der Waals surface area contributed by atoms with Crippen molar-refractivity contribution in [3.8, 4) is 0 Å². The van der Waals surface area contributed by atoms with E-state index in [0.717, 1.165) is 18.5 Å². The number of aryl methyl sites for hydroxylation is 2. The number of rotatable bonds is 3. The Labute approximate surface area is 126 Å². The molecule has 1 aliphatic carbocycles. The second-order valence-electron chi connectivity index (χ2n) is 4.64. The summed E-state index contributed by atoms with van der Waals surface area (Å²) in [5.41, 5.74) is 7.92. The van der Waals surface area contributed by atoms with Gasteiger partial charge in [0.1, 0.15) is 4.99 Å². The number of aromatic nitrogens is 1. The lowest BCUT2D eigenvalue weighted by molar-refractivity contribution is 0.102. The van der Waals surface area contributed by atoms with Crippen LogP contribution in [-0.2, 0) is 12.8 Å². The van der Waals surface area contributed by atoms with Gasteiger partial charge in [-0.3, -0.25) is 10.1 Å². The molecule has 20 heavy (non-hydrogen) atoms. The summed E-state index contributed by atoms with van der Waals surface area (Å²) in [5.74, 6) is -0.185. The van der Waals surface area contributed by atoms with E-state index in [4.69, 9.17) is 18.0 Å². The topological polar surface area (TPSA) is 68.0 Å². The van der Waals surface area contributed by atoms with Crippen LogP contribution in [0.1, 0.15) is 32.9 Å². The molecule has 0 bridgehead atoms. The van der Waals surface area contributed by atoms with E-state index in [9.17, 15) is 4.79 Å². The van der Waals surface area contributed by atoms with Gasteiger partial charge >= 0.3 is 0 Å². The highest BCUT2D eigenvalue weighted by molar-refractivity contribution is 7.80. The molecule has 0 atom stereocenters. The van der Waals surface area contributed by atoms with Gasteiger partial charge < -0.3 is 5.73 Å². The molecule has 1 aromatic heterocycles. The number of benzene rings is 1. The number of carbonyl (C=O) groups is 1. The number of carbonyl (C=O) groups excluding carboxylic acids is 1. The first-order chi connectivity index (χ1) is 9.63. The van der Waals surface area contributed by atoms with Crippen LogP contribution in [0.2, 0.25) is 0 Å². The van der Waals surface area contributed by atoms with E-state index in [-0.39, 0.29) is 10.9 Å². The van der Waals surface area contributed by atoms with E-state index in [1.54, 1.807) is 35.6 Å². The van der Waals surface area contributed by atoms with Crippen molar-refractivity contribution < 1.29 is 4.79 Å². The maximum atomic E-state index is 12.2. The number of hydrogen-bond donors (Lipinski definition) is 2. The normalized spacial score (nSPS) is 13.0. The lowest BCUT2D eigenvalue weighted by Gasteiger charge is -2.04. The number of amides is 1. The quantitative estimate of drug-likeness (QED) is 0.855. The third-order valence-corrected chi connectivity index (χ3v) is 4.53. The number of nitrogens with two attached hydrogens (primary N) is 1. The summed E-state index contributed by atoms with van der Waals surface area (Å²) in [6, 6.07) is 6.99. The number of fused-ring (bicyclic) bond motifs is 1. The Morgan fingerprint density at radius 1 is 1.35 bits per heavy atom. The zero-order valence-electron chi connectivity index (χ0n) is 10.7. The fourth-order valence-electron chi connectivity index (χ4n) is 2.23. The average molecular weight is 303 g/mol. The Hall–Kier alpha value is -1.79. The van der Waals surface area contributed by atoms with Gasteiger partial charge in [-0.25, -0.2) is 4.98 Å². The van der Waals surface area contributed by atoms with E-state index >= 15 is 0 Å². The third kappa shape index (κ3) is 2.57. The molecule has 1 amide bonds. The van der Waals surface area contributed by atoms with E-state index < -0.39 is 0 Å². The molecule has 0 unspecified atom stereocenters. The Kier molecular flexibility index (Phi) is 3.50. The zero-order chi connectivity index (χ0) is 14.1. The summed E-state index contributed by atoms with van der Waals surface area (Å²) >= 11 is 6.48. The second-order valence-corrected chi connectivity index (χ2v) is 6.17. The number of thiazole rings is 1. The van der Waals surface area contributed by atoms with Gasteiger partial charge in [0.2, 0.25) is 0 Å². The van der Waals surface area contributed by atoms with Crippen LogP contribution in [0.3, 0.4) is 0 Å². The molecule has 0 fully saturated rings. The van der Waals surface area contributed by atoms with Gasteiger partial charge in [-0.05, 0) is 31.4 Å². The number of anilines is 1. The van der Waals surface area contributed by atoms with Gasteiger partial charge in [0.05, 0.1) is 5.69 Å². The minimum atomic E-state index is -0.185. The standard InChI is InChI=1S/C14H13N3OS2/c15-12(19)8-3-1-4-9(7-8)13(18)17-14-16-10-5-2-6-11(10)20-14/h1,3-4,7H,2,5-6H2,(H2,15,19)(H,16,17,18). The highest BCUT2D eigenvalue weighted by Gasteiger charge is 2.18. The van der Waals surface area contributed by atoms with Crippen LogP contribution in [0, 0.1) is 0 Å². The zero-order valence-corrected chi connectivity index (χ0v) is 12.3. The van der Waals surface area contributed by atoms with Gasteiger partial charge in [0.15, 0.2) is 5.13 Å². The van der Waals surface area contributed by atoms with Crippen molar-refractivity contribution in [2.24, 2.45) is 5.73 Å². The highest BCUT2D eigenvalue weighted by atomic mass is 32.1. The van der Waals surface area contributed by atoms with Crippen molar-refractivity contribution in [3.63, 3.8) is 0 Å². The van der Waals surface area contributed by atoms with Gasteiger partial charge in [0.25, 0.3) is 5.91 Å². The highest BCUT2D eigenvalue weighted by Crippen LogP contribution is 2.30. The molecule has 2 aromatic rings. The SMILES string of the molecule is NC(=S)c1cccc(C(=O)Nc2nc3c(s2)CCC3)c1. The first-order valence-electron chi connectivity index (χ1n) is 6.33. The van der Waals surface area contributed by atoms with Gasteiger partial charge in [-0.1, -0.05) is 24.4 Å². The predicted octanol–water partition coefficient (Wildman–Crippen LogP) is 2.52. The van der Waals surface area contributed by atoms with Crippen LogP contribution in [0.4, 0.5) is 5.13 Å². The minimum absolute atomic E-state index is 0.185. The smallest absolute Gasteiger partial charge is 0.257 e. The molecule has 3 N–H and O–H groups in total. The van der Waals surface area contributed by atoms with Crippen molar-refractivity contribution in [1.29, 1.82) is 0 Å². The lowest BCUT2D eigenvalue weighted by Crippen LogP contribution is -2.14. The number of nitrogens with zero attached hydrogens (tertiary/aromatic N) is 1. The van der Waals surface area contributed by atoms with E-state index in [1.165, 1.54) is 11.3 Å². The lowest BCUT2D eigenvalue weighted by atomic mass is 10.1. The Bertz CT molecular complexity index is 672. The second kappa shape index (κ2) is 5.30. The summed E-state index contributed by atoms with van der Waals surface area (Å²) in [6.07, 6.45) is 3.25. The molecule has 0 aliphatic heterocycles. The van der Waals surface area contributed by atoms with E-state index in [2.05, 4.69) is 10.3 Å². The molecule has 3 rings (SSSR count). The largest absolute Gasteiger partial charge is 0.389 e. The Morgan fingerprint density at radius 3 is 2.90 bits per heavy atom. The van der Waals surface area contributed by atoms with E-state index in [1.807, 2.05) is 0 Å². The molecular formula is C14H13N3OS2. The van der Waals surface area contributed by atoms with Crippen LogP contribution >= 0.6 is 23.6 Å². The fourth-order valence-corrected chi connectivity index (χ4v) is 3.40. The molecule has 0 saturated heterocycles. The third-order valence-electron chi connectivity index (χ3n) is 3.23. The predicted molar refractivity (Wildman–Crippen MR) is 84.4 cm³/mol. The molecule has 0 saturated carbocycles. The van der Waals surface area contributed by atoms with Crippen LogP contribution in [0.15, 0.2) is 24.3 Å². The molecule has 102 valence electrons. The molecule has 6 heteroatoms. The molecule has 4 nitrogen and oxygen atoms in total. The molecule has 1 heterocycles. The minimum Gasteiger partial charge on any atom is -0.389 e. The summed E-state index contributed by atoms with van der Waals surface area (Å²) in [7, 11) is 0. The van der Waals surface area contributed by atoms with Crippen molar-refractivity contribution >= 4 is 39.6 Å². The van der Waals surface area contributed by atoms with Gasteiger partial charge in [0, 0.05) is 16.0 Å². The van der Waals surface area contributed by atoms with Crippen molar-refractivity contribution in [3.05, 3.63) is 46.0 Å². The maximum absolute atomic E-state index is 12.2. The van der Waals surface area contributed by atoms with Crippen molar-refractivity contribution in [1.82, 2.24) is 4.98 Å². The maximum Gasteiger partial charge on any atom is 0.257 e. The van der Waals surface area contributed by atoms with Crippen LogP contribution in [0.25, 0.3) is 0 Å². The van der Waals surface area contributed by atoms with Crippen molar-refractivity contribution in [2.45, 2.75) is 19.3 Å². The molecule has 0 radical (unpaired) electrons. The average Bonchev–Trinajstić information content (AvgIpc) is 2.99. The fraction of sp³-hybridized carbons (Fsp3) is 0.214. The summed E-state index contributed by atoms with van der Waals surface area (Å²) in [6.45, 7) is 0. The van der Waals surface area contributed by atoms with Gasteiger partial charge in [-0.2, -0.15) is 0 Å². The first kappa shape index (κ1) is 13.2. The van der Waals surface area contributed by atoms with Crippen molar-refractivity contribution in [2.75, 3.05) is 5.32 Å². The van der Waals surface area contributed by atoms with Crippen LogP contribution in [0.5, 0.6) is 0 Å². The summed E-state index contributed by atoms with van der Waals surface area (Å²) in [5, 5.41) is 3.51. The number of thiocarbonyl (C=S) groups is 1. The molecule has 1 aromatic carbocycles. The molecule has 0 spiro atoms. The van der Waals surface area contributed by atoms with Crippen LogP contribution in [-0.4, -0.2) is 15.9 Å². The number of hydrogen-bond acceptors (Lipinski definition) is 4. The monoisotopic (exact) mass is 303 g/mol. The van der Waals surface area contributed by atoms with Gasteiger partial charge in [-0.15, -0.1) is 11.3 Å². The summed E-state index contributed by atoms with van der Waals surface area (Å²) < 4.78 is 0. The summed E-state index contributed by atoms with van der Waals surface area (Å²) in [4.78, 5) is 18.2. The van der Waals surface area contributed by atoms with E-state index in [0.29, 0.717) is 16.3 Å². The Balaban J connectivity index is 1.78. The molecule has 1 aliphatic rings. The first-order valence-corrected chi connectivity index (χ1v) is 7.56. The number of nitrogens with one attached hydrogen (secondary N) is 1. The molecular weight excluding hydrogens is 290 g/mol. The Morgan fingerprint density at radius 2 is 2.15 bits per heavy atom.